The van der Waals surface area contributed by atoms with Crippen LogP contribution in [0.25, 0.3) is 0 Å². The highest BCUT2D eigenvalue weighted by atomic mass is 35.5. The zero-order chi connectivity index (χ0) is 14.5. The van der Waals surface area contributed by atoms with Crippen molar-refractivity contribution in [1.82, 2.24) is 4.90 Å². The van der Waals surface area contributed by atoms with Gasteiger partial charge in [-0.2, -0.15) is 0 Å². The zero-order valence-electron chi connectivity index (χ0n) is 11.1. The van der Waals surface area contributed by atoms with Crippen molar-refractivity contribution in [3.63, 3.8) is 0 Å². The second-order valence-electron chi connectivity index (χ2n) is 4.84. The summed E-state index contributed by atoms with van der Waals surface area (Å²) < 4.78 is 5.83. The SMILES string of the molecule is NCCCC(=O)N1CCC(Oc2ccc(Cl)c(Cl)c2)C1. The number of halogens is 2. The maximum Gasteiger partial charge on any atom is 0.222 e. The number of amides is 1. The number of hydrogen-bond donors (Lipinski definition) is 1. The van der Waals surface area contributed by atoms with Crippen molar-refractivity contribution in [1.29, 1.82) is 0 Å². The van der Waals surface area contributed by atoms with Crippen LogP contribution in [0, 0.1) is 0 Å². The standard InChI is InChI=1S/C14H18Cl2N2O2/c15-12-4-3-10(8-13(12)16)20-11-5-7-18(9-11)14(19)2-1-6-17/h3-4,8,11H,1-2,5-7,9,17H2. The number of ether oxygens (including phenoxy) is 1. The van der Waals surface area contributed by atoms with Crippen LogP contribution in [0.4, 0.5) is 0 Å². The van der Waals surface area contributed by atoms with E-state index in [2.05, 4.69) is 0 Å². The predicted molar refractivity (Wildman–Crippen MR) is 80.4 cm³/mol. The minimum atomic E-state index is 0.00840. The lowest BCUT2D eigenvalue weighted by Gasteiger charge is -2.17. The first-order valence-electron chi connectivity index (χ1n) is 6.69. The van der Waals surface area contributed by atoms with Gasteiger partial charge in [0.25, 0.3) is 0 Å². The summed E-state index contributed by atoms with van der Waals surface area (Å²) in [6.07, 6.45) is 2.08. The normalized spacial score (nSPS) is 18.4. The quantitative estimate of drug-likeness (QED) is 0.908. The van der Waals surface area contributed by atoms with E-state index in [-0.39, 0.29) is 12.0 Å². The van der Waals surface area contributed by atoms with Crippen molar-refractivity contribution in [2.75, 3.05) is 19.6 Å². The molecule has 1 amide bonds. The molecule has 1 fully saturated rings. The molecule has 2 N–H and O–H groups in total. The first-order valence-corrected chi connectivity index (χ1v) is 7.45. The van der Waals surface area contributed by atoms with Crippen LogP contribution in [0.5, 0.6) is 5.75 Å². The molecule has 20 heavy (non-hydrogen) atoms. The molecule has 6 heteroatoms. The Morgan fingerprint density at radius 3 is 2.90 bits per heavy atom. The summed E-state index contributed by atoms with van der Waals surface area (Å²) in [6, 6.07) is 5.19. The molecule has 4 nitrogen and oxygen atoms in total. The van der Waals surface area contributed by atoms with Gasteiger partial charge in [-0.1, -0.05) is 23.2 Å². The molecule has 1 aliphatic rings. The highest BCUT2D eigenvalue weighted by molar-refractivity contribution is 6.42. The van der Waals surface area contributed by atoms with E-state index in [1.807, 2.05) is 4.90 Å². The topological polar surface area (TPSA) is 55.6 Å². The molecule has 1 saturated heterocycles. The van der Waals surface area contributed by atoms with Gasteiger partial charge in [-0.15, -0.1) is 0 Å². The second kappa shape index (κ2) is 7.16. The summed E-state index contributed by atoms with van der Waals surface area (Å²) in [4.78, 5) is 13.7. The minimum Gasteiger partial charge on any atom is -0.488 e. The monoisotopic (exact) mass is 316 g/mol. The fourth-order valence-corrected chi connectivity index (χ4v) is 2.49. The molecule has 1 aromatic carbocycles. The Morgan fingerprint density at radius 1 is 1.40 bits per heavy atom. The van der Waals surface area contributed by atoms with Gasteiger partial charge in [0.1, 0.15) is 11.9 Å². The minimum absolute atomic E-state index is 0.00840. The van der Waals surface area contributed by atoms with Crippen LogP contribution in [-0.4, -0.2) is 36.5 Å². The molecule has 0 aromatic heterocycles. The van der Waals surface area contributed by atoms with Crippen LogP contribution in [0.2, 0.25) is 10.0 Å². The smallest absolute Gasteiger partial charge is 0.222 e. The van der Waals surface area contributed by atoms with Crippen LogP contribution in [0.1, 0.15) is 19.3 Å². The van der Waals surface area contributed by atoms with Gasteiger partial charge in [-0.25, -0.2) is 0 Å². The number of nitrogens with zero attached hydrogens (tertiary/aromatic N) is 1. The van der Waals surface area contributed by atoms with Gasteiger partial charge >= 0.3 is 0 Å². The highest BCUT2D eigenvalue weighted by Crippen LogP contribution is 2.28. The van der Waals surface area contributed by atoms with Gasteiger partial charge in [-0.05, 0) is 25.1 Å². The van der Waals surface area contributed by atoms with Crippen molar-refractivity contribution in [3.05, 3.63) is 28.2 Å². The predicted octanol–water partition coefficient (Wildman–Crippen LogP) is 2.71. The first-order chi connectivity index (χ1) is 9.60. The fourth-order valence-electron chi connectivity index (χ4n) is 2.20. The molecule has 110 valence electrons. The molecule has 1 heterocycles. The van der Waals surface area contributed by atoms with Crippen LogP contribution < -0.4 is 10.5 Å². The van der Waals surface area contributed by atoms with E-state index in [1.54, 1.807) is 18.2 Å². The third-order valence-corrected chi connectivity index (χ3v) is 4.03. The molecule has 0 radical (unpaired) electrons. The van der Waals surface area contributed by atoms with E-state index in [4.69, 9.17) is 33.7 Å². The molecule has 1 atom stereocenters. The van der Waals surface area contributed by atoms with Crippen LogP contribution in [0.15, 0.2) is 18.2 Å². The van der Waals surface area contributed by atoms with E-state index in [0.29, 0.717) is 35.3 Å². The van der Waals surface area contributed by atoms with E-state index >= 15 is 0 Å². The van der Waals surface area contributed by atoms with Gasteiger partial charge in [0.05, 0.1) is 16.6 Å². The van der Waals surface area contributed by atoms with Crippen molar-refractivity contribution >= 4 is 29.1 Å². The van der Waals surface area contributed by atoms with Crippen LogP contribution in [-0.2, 0) is 4.79 Å². The molecule has 1 aliphatic heterocycles. The van der Waals surface area contributed by atoms with Gasteiger partial charge in [0.2, 0.25) is 5.91 Å². The number of hydrogen-bond acceptors (Lipinski definition) is 3. The lowest BCUT2D eigenvalue weighted by atomic mass is 10.3. The maximum absolute atomic E-state index is 11.9. The lowest BCUT2D eigenvalue weighted by molar-refractivity contribution is -0.130. The fraction of sp³-hybridized carbons (Fsp3) is 0.500. The summed E-state index contributed by atoms with van der Waals surface area (Å²) in [7, 11) is 0. The van der Waals surface area contributed by atoms with Crippen molar-refractivity contribution in [2.24, 2.45) is 5.73 Å². The third kappa shape index (κ3) is 4.01. The number of carbonyl (C=O) groups is 1. The number of benzene rings is 1. The van der Waals surface area contributed by atoms with Gasteiger partial charge in [-0.3, -0.25) is 4.79 Å². The molecule has 0 aliphatic carbocycles. The Hall–Kier alpha value is -0.970. The summed E-state index contributed by atoms with van der Waals surface area (Å²) in [5.74, 6) is 0.830. The first kappa shape index (κ1) is 15.4. The number of rotatable bonds is 5. The summed E-state index contributed by atoms with van der Waals surface area (Å²) >= 11 is 11.8. The Balaban J connectivity index is 1.86. The van der Waals surface area contributed by atoms with Crippen molar-refractivity contribution < 1.29 is 9.53 Å². The van der Waals surface area contributed by atoms with Crippen molar-refractivity contribution in [3.8, 4) is 5.75 Å². The number of nitrogens with two attached hydrogens (primary N) is 1. The Bertz CT molecular complexity index is 482. The molecule has 2 rings (SSSR count). The molecular weight excluding hydrogens is 299 g/mol. The van der Waals surface area contributed by atoms with E-state index in [9.17, 15) is 4.79 Å². The number of likely N-dealkylation sites (tertiary alicyclic amines) is 1. The van der Waals surface area contributed by atoms with E-state index in [0.717, 1.165) is 19.4 Å². The Kier molecular flexibility index (Phi) is 5.52. The van der Waals surface area contributed by atoms with E-state index in [1.165, 1.54) is 0 Å². The van der Waals surface area contributed by atoms with Crippen molar-refractivity contribution in [2.45, 2.75) is 25.4 Å². The summed E-state index contributed by atoms with van der Waals surface area (Å²) in [5, 5.41) is 0.974. The van der Waals surface area contributed by atoms with E-state index < -0.39 is 0 Å². The van der Waals surface area contributed by atoms with Gasteiger partial charge in [0.15, 0.2) is 0 Å². The lowest BCUT2D eigenvalue weighted by Crippen LogP contribution is -2.31. The third-order valence-electron chi connectivity index (χ3n) is 3.29. The van der Waals surface area contributed by atoms with Crippen LogP contribution in [0.3, 0.4) is 0 Å². The molecule has 1 aromatic rings. The summed E-state index contributed by atoms with van der Waals surface area (Å²) in [6.45, 7) is 1.89. The largest absolute Gasteiger partial charge is 0.488 e. The maximum atomic E-state index is 11.9. The summed E-state index contributed by atoms with van der Waals surface area (Å²) in [5.41, 5.74) is 5.41. The van der Waals surface area contributed by atoms with Gasteiger partial charge < -0.3 is 15.4 Å². The Morgan fingerprint density at radius 2 is 2.20 bits per heavy atom. The molecule has 0 spiro atoms. The molecule has 0 bridgehead atoms. The molecule has 1 unspecified atom stereocenters. The molecular formula is C14H18Cl2N2O2. The van der Waals surface area contributed by atoms with Gasteiger partial charge in [0, 0.05) is 25.5 Å². The molecule has 0 saturated carbocycles. The highest BCUT2D eigenvalue weighted by Gasteiger charge is 2.27. The zero-order valence-corrected chi connectivity index (χ0v) is 12.7. The average molecular weight is 317 g/mol. The Labute approximate surface area is 128 Å². The second-order valence-corrected chi connectivity index (χ2v) is 5.65. The van der Waals surface area contributed by atoms with Crippen LogP contribution >= 0.6 is 23.2 Å². The average Bonchev–Trinajstić information content (AvgIpc) is 2.89. The number of carbonyl (C=O) groups excluding carboxylic acids is 1.